The summed E-state index contributed by atoms with van der Waals surface area (Å²) in [5.74, 6) is -3.37. The second-order valence-electron chi connectivity index (χ2n) is 13.0. The number of carbonyl (C=O) groups is 2. The van der Waals surface area contributed by atoms with Crippen molar-refractivity contribution < 1.29 is 27.8 Å². The first-order valence-electron chi connectivity index (χ1n) is 14.4. The van der Waals surface area contributed by atoms with Crippen molar-refractivity contribution in [1.82, 2.24) is 19.3 Å². The Morgan fingerprint density at radius 1 is 1.04 bits per heavy atom. The number of aromatic nitrogens is 4. The molecule has 9 nitrogen and oxygen atoms in total. The van der Waals surface area contributed by atoms with E-state index in [1.54, 1.807) is 38.6 Å². The number of benzene rings is 2. The van der Waals surface area contributed by atoms with Gasteiger partial charge in [-0.25, -0.2) is 23.2 Å². The van der Waals surface area contributed by atoms with Gasteiger partial charge in [-0.15, -0.1) is 0 Å². The van der Waals surface area contributed by atoms with Crippen molar-refractivity contribution in [2.75, 3.05) is 11.9 Å². The molecule has 0 aliphatic carbocycles. The van der Waals surface area contributed by atoms with E-state index >= 15 is 8.78 Å². The second kappa shape index (κ2) is 13.2. The number of aryl methyl sites for hydroxylation is 1. The minimum absolute atomic E-state index is 0.0486. The fourth-order valence-corrected chi connectivity index (χ4v) is 5.50. The Morgan fingerprint density at radius 3 is 2.36 bits per heavy atom. The third-order valence-electron chi connectivity index (χ3n) is 6.85. The maximum Gasteiger partial charge on any atom is 0.340 e. The van der Waals surface area contributed by atoms with Gasteiger partial charge < -0.3 is 19.4 Å². The smallest absolute Gasteiger partial charge is 0.340 e. The summed E-state index contributed by atoms with van der Waals surface area (Å²) in [6, 6.07) is 8.31. The van der Waals surface area contributed by atoms with Crippen LogP contribution in [0.5, 0.6) is 0 Å². The molecule has 0 radical (unpaired) electrons. The number of ether oxygens (including phenoxy) is 2. The third kappa shape index (κ3) is 8.24. The number of halogens is 3. The average molecular weight is 658 g/mol. The molecule has 45 heavy (non-hydrogen) atoms. The van der Waals surface area contributed by atoms with E-state index in [9.17, 15) is 9.59 Å². The molecule has 4 aromatic rings. The molecule has 1 N–H and O–H groups in total. The quantitative estimate of drug-likeness (QED) is 0.107. The normalized spacial score (nSPS) is 12.0. The molecule has 2 aromatic heterocycles. The minimum atomic E-state index is -1.23. The first kappa shape index (κ1) is 34.0. The van der Waals surface area contributed by atoms with E-state index in [4.69, 9.17) is 21.1 Å². The van der Waals surface area contributed by atoms with Gasteiger partial charge in [0.25, 0.3) is 5.91 Å². The number of nitrogens with zero attached hydrogens (tertiary/aromatic N) is 4. The van der Waals surface area contributed by atoms with Crippen LogP contribution in [0.3, 0.4) is 0 Å². The highest BCUT2D eigenvalue weighted by Crippen LogP contribution is 2.33. The van der Waals surface area contributed by atoms with Gasteiger partial charge in [0.05, 0.1) is 28.2 Å². The summed E-state index contributed by atoms with van der Waals surface area (Å²) in [6.45, 7) is 14.6. The van der Waals surface area contributed by atoms with Crippen LogP contribution in [0, 0.1) is 18.6 Å². The molecule has 4 rings (SSSR count). The van der Waals surface area contributed by atoms with Crippen LogP contribution in [0.2, 0.25) is 30.7 Å². The average Bonchev–Trinajstić information content (AvgIpc) is 3.48. The molecule has 0 bridgehead atoms. The fourth-order valence-electron chi connectivity index (χ4n) is 4.49. The lowest BCUT2D eigenvalue weighted by atomic mass is 10.0. The van der Waals surface area contributed by atoms with Crippen LogP contribution in [0.1, 0.15) is 47.4 Å². The standard InChI is InChI=1S/C32H38ClF2N5O4Si/c1-19-24(17-40(38-19)18-43-13-14-45(6,7)8)21-11-12-23(28(35)27(21)34)26-16-36-29(39(26)5)30(41)37-20-9-10-22(25(33)15-20)31(42)44-32(2,3)4/h9-12,15-17H,13-14,18H2,1-8H3,(H,37,41). The lowest BCUT2D eigenvalue weighted by molar-refractivity contribution is 0.00696. The van der Waals surface area contributed by atoms with Crippen molar-refractivity contribution in [2.45, 2.75) is 65.7 Å². The van der Waals surface area contributed by atoms with Crippen molar-refractivity contribution in [3.05, 3.63) is 76.5 Å². The highest BCUT2D eigenvalue weighted by molar-refractivity contribution is 6.76. The molecule has 0 fully saturated rings. The zero-order chi connectivity index (χ0) is 33.3. The van der Waals surface area contributed by atoms with Crippen molar-refractivity contribution in [1.29, 1.82) is 0 Å². The Bertz CT molecular complexity index is 1740. The Morgan fingerprint density at radius 2 is 1.71 bits per heavy atom. The van der Waals surface area contributed by atoms with Crippen molar-refractivity contribution >= 4 is 37.2 Å². The molecule has 0 atom stereocenters. The van der Waals surface area contributed by atoms with E-state index in [0.717, 1.165) is 6.04 Å². The van der Waals surface area contributed by atoms with Gasteiger partial charge in [0.15, 0.2) is 17.5 Å². The van der Waals surface area contributed by atoms with Crippen LogP contribution < -0.4 is 5.32 Å². The Hall–Kier alpha value is -3.87. The minimum Gasteiger partial charge on any atom is -0.456 e. The highest BCUT2D eigenvalue weighted by Gasteiger charge is 2.24. The summed E-state index contributed by atoms with van der Waals surface area (Å²) in [4.78, 5) is 29.6. The fraction of sp³-hybridized carbons (Fsp3) is 0.375. The number of anilines is 1. The van der Waals surface area contributed by atoms with Gasteiger partial charge in [-0.05, 0) is 58.0 Å². The molecular formula is C32H38ClF2N5O4Si. The third-order valence-corrected chi connectivity index (χ3v) is 8.87. The molecule has 13 heteroatoms. The van der Waals surface area contributed by atoms with Crippen LogP contribution in [-0.2, 0) is 23.3 Å². The van der Waals surface area contributed by atoms with Gasteiger partial charge in [0, 0.05) is 50.3 Å². The van der Waals surface area contributed by atoms with E-state index in [0.29, 0.717) is 23.6 Å². The Balaban J connectivity index is 1.50. The first-order valence-corrected chi connectivity index (χ1v) is 18.5. The molecule has 0 unspecified atom stereocenters. The summed E-state index contributed by atoms with van der Waals surface area (Å²) in [7, 11) is 0.290. The topological polar surface area (TPSA) is 100 Å². The first-order chi connectivity index (χ1) is 20.9. The predicted octanol–water partition coefficient (Wildman–Crippen LogP) is 7.71. The van der Waals surface area contributed by atoms with E-state index in [1.807, 2.05) is 0 Å². The van der Waals surface area contributed by atoms with Gasteiger partial charge in [-0.2, -0.15) is 5.10 Å². The number of hydrogen-bond donors (Lipinski definition) is 1. The molecule has 0 aliphatic rings. The largest absolute Gasteiger partial charge is 0.456 e. The van der Waals surface area contributed by atoms with E-state index < -0.39 is 37.2 Å². The maximum atomic E-state index is 15.5. The number of esters is 1. The summed E-state index contributed by atoms with van der Waals surface area (Å²) >= 11 is 6.28. The Kier molecular flexibility index (Phi) is 10.0. The van der Waals surface area contributed by atoms with Crippen molar-refractivity contribution in [3.63, 3.8) is 0 Å². The number of carbonyl (C=O) groups excluding carboxylic acids is 2. The monoisotopic (exact) mass is 657 g/mol. The van der Waals surface area contributed by atoms with Gasteiger partial charge >= 0.3 is 5.97 Å². The Labute approximate surface area is 267 Å². The summed E-state index contributed by atoms with van der Waals surface area (Å²) < 4.78 is 45.0. The lowest BCUT2D eigenvalue weighted by Crippen LogP contribution is -2.24. The number of imidazole rings is 1. The molecule has 0 saturated carbocycles. The maximum absolute atomic E-state index is 15.5. The van der Waals surface area contributed by atoms with E-state index in [1.165, 1.54) is 48.1 Å². The lowest BCUT2D eigenvalue weighted by Gasteiger charge is -2.20. The molecule has 0 saturated heterocycles. The van der Waals surface area contributed by atoms with Crippen LogP contribution in [0.15, 0.2) is 42.7 Å². The van der Waals surface area contributed by atoms with Gasteiger partial charge in [0.1, 0.15) is 12.3 Å². The van der Waals surface area contributed by atoms with E-state index in [2.05, 4.69) is 35.0 Å². The summed E-state index contributed by atoms with van der Waals surface area (Å²) in [6.07, 6.45) is 2.94. The zero-order valence-electron chi connectivity index (χ0n) is 26.7. The zero-order valence-corrected chi connectivity index (χ0v) is 28.5. The number of nitrogens with one attached hydrogen (secondary N) is 1. The second-order valence-corrected chi connectivity index (χ2v) is 19.0. The molecule has 2 aromatic carbocycles. The summed E-state index contributed by atoms with van der Waals surface area (Å²) in [5.41, 5.74) is 0.949. The molecule has 1 amide bonds. The van der Waals surface area contributed by atoms with Gasteiger partial charge in [0.2, 0.25) is 0 Å². The van der Waals surface area contributed by atoms with Gasteiger partial charge in [-0.1, -0.05) is 37.3 Å². The molecule has 0 spiro atoms. The van der Waals surface area contributed by atoms with E-state index in [-0.39, 0.29) is 40.0 Å². The predicted molar refractivity (Wildman–Crippen MR) is 173 cm³/mol. The molecular weight excluding hydrogens is 620 g/mol. The van der Waals surface area contributed by atoms with Gasteiger partial charge in [-0.3, -0.25) is 4.79 Å². The van der Waals surface area contributed by atoms with Crippen molar-refractivity contribution in [2.24, 2.45) is 7.05 Å². The van der Waals surface area contributed by atoms with Crippen LogP contribution in [0.4, 0.5) is 14.5 Å². The van der Waals surface area contributed by atoms with Crippen molar-refractivity contribution in [3.8, 4) is 22.4 Å². The SMILES string of the molecule is Cc1nn(COCC[Si](C)(C)C)cc1-c1ccc(-c2cnc(C(=O)Nc3ccc(C(=O)OC(C)(C)C)c(Cl)c3)n2C)c(F)c1F. The number of rotatable bonds is 10. The molecule has 240 valence electrons. The number of hydrogen-bond acceptors (Lipinski definition) is 6. The summed E-state index contributed by atoms with van der Waals surface area (Å²) in [5, 5.41) is 7.16. The van der Waals surface area contributed by atoms with Crippen LogP contribution in [0.25, 0.3) is 22.4 Å². The van der Waals surface area contributed by atoms with Crippen LogP contribution >= 0.6 is 11.6 Å². The molecule has 0 aliphatic heterocycles. The number of amides is 1. The van der Waals surface area contributed by atoms with Crippen LogP contribution in [-0.4, -0.2) is 51.5 Å². The molecule has 2 heterocycles. The highest BCUT2D eigenvalue weighted by atomic mass is 35.5.